The van der Waals surface area contributed by atoms with Crippen molar-refractivity contribution in [2.45, 2.75) is 6.54 Å². The van der Waals surface area contributed by atoms with Gasteiger partial charge in [-0.15, -0.1) is 0 Å². The van der Waals surface area contributed by atoms with E-state index in [0.717, 1.165) is 0 Å². The quantitative estimate of drug-likeness (QED) is 0.842. The maximum Gasteiger partial charge on any atom is 0.260 e. The summed E-state index contributed by atoms with van der Waals surface area (Å²) in [7, 11) is 0. The lowest BCUT2D eigenvalue weighted by Gasteiger charge is -2.20. The van der Waals surface area contributed by atoms with Crippen LogP contribution < -0.4 is 10.1 Å². The van der Waals surface area contributed by atoms with Gasteiger partial charge in [0.2, 0.25) is 5.91 Å². The first kappa shape index (κ1) is 16.8. The Morgan fingerprint density at radius 3 is 3.04 bits per heavy atom. The average molecular weight is 344 g/mol. The number of nitrogens with one attached hydrogen (secondary N) is 1. The molecule has 1 aromatic heterocycles. The molecule has 6 nitrogen and oxygen atoms in total. The van der Waals surface area contributed by atoms with Gasteiger partial charge in [-0.05, 0) is 36.4 Å². The Morgan fingerprint density at radius 1 is 1.36 bits per heavy atom. The van der Waals surface area contributed by atoms with E-state index in [2.05, 4.69) is 5.32 Å². The van der Waals surface area contributed by atoms with Crippen LogP contribution >= 0.6 is 0 Å². The van der Waals surface area contributed by atoms with Gasteiger partial charge in [0.15, 0.2) is 6.61 Å². The summed E-state index contributed by atoms with van der Waals surface area (Å²) in [5, 5.41) is 2.69. The molecule has 2 amide bonds. The minimum absolute atomic E-state index is 0.106. The number of rotatable bonds is 5. The molecule has 0 unspecified atom stereocenters. The maximum atomic E-state index is 13.4. The number of carbonyl (C=O) groups excluding carboxylic acids is 2. The molecule has 1 aromatic carbocycles. The molecular weight excluding hydrogens is 327 g/mol. The maximum absolute atomic E-state index is 13.4. The smallest absolute Gasteiger partial charge is 0.260 e. The third-order valence-corrected chi connectivity index (χ3v) is 3.71. The molecule has 1 aliphatic heterocycles. The second kappa shape index (κ2) is 7.65. The van der Waals surface area contributed by atoms with Crippen LogP contribution in [-0.2, 0) is 16.1 Å². The number of benzene rings is 1. The highest BCUT2D eigenvalue weighted by molar-refractivity contribution is 5.91. The number of amides is 2. The summed E-state index contributed by atoms with van der Waals surface area (Å²) in [6, 6.07) is 7.63. The van der Waals surface area contributed by atoms with Crippen LogP contribution in [0.1, 0.15) is 11.3 Å². The average Bonchev–Trinajstić information content (AvgIpc) is 3.06. The van der Waals surface area contributed by atoms with Gasteiger partial charge in [0.25, 0.3) is 5.91 Å². The molecule has 130 valence electrons. The van der Waals surface area contributed by atoms with E-state index in [9.17, 15) is 14.0 Å². The first-order chi connectivity index (χ1) is 12.1. The van der Waals surface area contributed by atoms with Crippen LogP contribution in [-0.4, -0.2) is 36.4 Å². The summed E-state index contributed by atoms with van der Waals surface area (Å²) in [4.78, 5) is 25.4. The van der Waals surface area contributed by atoms with E-state index in [1.54, 1.807) is 18.2 Å². The number of halogens is 1. The van der Waals surface area contributed by atoms with Gasteiger partial charge in [0.1, 0.15) is 17.3 Å². The fourth-order valence-electron chi connectivity index (χ4n) is 2.46. The largest absolute Gasteiger partial charge is 0.483 e. The number of furan rings is 1. The first-order valence-electron chi connectivity index (χ1n) is 7.80. The summed E-state index contributed by atoms with van der Waals surface area (Å²) in [5.41, 5.74) is 0.606. The van der Waals surface area contributed by atoms with Crippen LogP contribution in [0.25, 0.3) is 6.08 Å². The van der Waals surface area contributed by atoms with Gasteiger partial charge in [-0.3, -0.25) is 9.59 Å². The fourth-order valence-corrected chi connectivity index (χ4v) is 2.46. The van der Waals surface area contributed by atoms with E-state index in [4.69, 9.17) is 9.15 Å². The highest BCUT2D eigenvalue weighted by atomic mass is 19.1. The molecule has 0 radical (unpaired) electrons. The number of fused-ring (bicyclic) bond motifs is 1. The summed E-state index contributed by atoms with van der Waals surface area (Å²) in [6.07, 6.45) is 4.43. The Labute approximate surface area is 143 Å². The lowest BCUT2D eigenvalue weighted by molar-refractivity contribution is -0.133. The monoisotopic (exact) mass is 344 g/mol. The molecule has 0 spiro atoms. The second-order valence-corrected chi connectivity index (χ2v) is 5.50. The van der Waals surface area contributed by atoms with Crippen molar-refractivity contribution in [3.05, 3.63) is 59.8 Å². The Balaban J connectivity index is 1.53. The minimum atomic E-state index is -0.381. The van der Waals surface area contributed by atoms with Gasteiger partial charge < -0.3 is 19.4 Å². The topological polar surface area (TPSA) is 71.8 Å². The Hall–Kier alpha value is -3.09. The molecule has 1 N–H and O–H groups in total. The van der Waals surface area contributed by atoms with Crippen LogP contribution in [0.5, 0.6) is 5.75 Å². The number of ether oxygens (including phenoxy) is 1. The van der Waals surface area contributed by atoms with Crippen LogP contribution in [0.3, 0.4) is 0 Å². The summed E-state index contributed by atoms with van der Waals surface area (Å²) in [6.45, 7) is 0.713. The molecule has 3 rings (SSSR count). The Bertz CT molecular complexity index is 786. The van der Waals surface area contributed by atoms with E-state index in [1.807, 2.05) is 0 Å². The van der Waals surface area contributed by atoms with Crippen molar-refractivity contribution >= 4 is 17.9 Å². The standard InChI is InChI=1S/C18H17FN2O4/c19-14-3-5-16-13(10-14)11-21(18(23)12-25-16)8-7-20-17(22)6-4-15-2-1-9-24-15/h1-6,9-10H,7-8,11-12H2,(H,20,22)/b6-4+. The third-order valence-electron chi connectivity index (χ3n) is 3.71. The normalized spacial score (nSPS) is 14.1. The molecule has 0 saturated carbocycles. The van der Waals surface area contributed by atoms with E-state index in [1.165, 1.54) is 35.4 Å². The first-order valence-corrected chi connectivity index (χ1v) is 7.80. The van der Waals surface area contributed by atoms with Gasteiger partial charge in [-0.1, -0.05) is 0 Å². The van der Waals surface area contributed by atoms with Gasteiger partial charge in [0, 0.05) is 31.3 Å². The molecule has 25 heavy (non-hydrogen) atoms. The zero-order valence-electron chi connectivity index (χ0n) is 13.4. The van der Waals surface area contributed by atoms with Crippen molar-refractivity contribution < 1.29 is 23.1 Å². The molecular formula is C18H17FN2O4. The van der Waals surface area contributed by atoms with E-state index >= 15 is 0 Å². The third kappa shape index (κ3) is 4.47. The van der Waals surface area contributed by atoms with E-state index < -0.39 is 0 Å². The van der Waals surface area contributed by atoms with Crippen LogP contribution in [0.4, 0.5) is 4.39 Å². The summed E-state index contributed by atoms with van der Waals surface area (Å²) < 4.78 is 23.9. The molecule has 2 heterocycles. The molecule has 0 aliphatic carbocycles. The molecule has 7 heteroatoms. The Kier molecular flexibility index (Phi) is 5.13. The minimum Gasteiger partial charge on any atom is -0.483 e. The predicted molar refractivity (Wildman–Crippen MR) is 88.1 cm³/mol. The highest BCUT2D eigenvalue weighted by Crippen LogP contribution is 2.24. The van der Waals surface area contributed by atoms with Gasteiger partial charge in [-0.2, -0.15) is 0 Å². The van der Waals surface area contributed by atoms with Crippen molar-refractivity contribution in [1.82, 2.24) is 10.2 Å². The van der Waals surface area contributed by atoms with Crippen LogP contribution in [0, 0.1) is 5.82 Å². The van der Waals surface area contributed by atoms with Crippen molar-refractivity contribution in [2.24, 2.45) is 0 Å². The zero-order valence-corrected chi connectivity index (χ0v) is 13.4. The van der Waals surface area contributed by atoms with Gasteiger partial charge in [-0.25, -0.2) is 4.39 Å². The van der Waals surface area contributed by atoms with Crippen molar-refractivity contribution in [3.8, 4) is 5.75 Å². The molecule has 0 fully saturated rings. The molecule has 2 aromatic rings. The zero-order chi connectivity index (χ0) is 17.6. The highest BCUT2D eigenvalue weighted by Gasteiger charge is 2.21. The van der Waals surface area contributed by atoms with E-state index in [0.29, 0.717) is 23.6 Å². The number of hydrogen-bond donors (Lipinski definition) is 1. The number of hydrogen-bond acceptors (Lipinski definition) is 4. The Morgan fingerprint density at radius 2 is 2.24 bits per heavy atom. The SMILES string of the molecule is O=C(/C=C/c1ccco1)NCCN1Cc2cc(F)ccc2OCC1=O. The van der Waals surface area contributed by atoms with E-state index in [-0.39, 0.29) is 37.3 Å². The summed E-state index contributed by atoms with van der Waals surface area (Å²) in [5.74, 6) is 0.197. The van der Waals surface area contributed by atoms with Crippen molar-refractivity contribution in [1.29, 1.82) is 0 Å². The molecule has 0 saturated heterocycles. The van der Waals surface area contributed by atoms with Crippen molar-refractivity contribution in [3.63, 3.8) is 0 Å². The molecule has 1 aliphatic rings. The van der Waals surface area contributed by atoms with Crippen LogP contribution in [0.15, 0.2) is 47.1 Å². The number of nitrogens with zero attached hydrogens (tertiary/aromatic N) is 1. The number of carbonyl (C=O) groups is 2. The second-order valence-electron chi connectivity index (χ2n) is 5.50. The predicted octanol–water partition coefficient (Wildman–Crippen LogP) is 1.97. The summed E-state index contributed by atoms with van der Waals surface area (Å²) >= 11 is 0. The van der Waals surface area contributed by atoms with Crippen LogP contribution in [0.2, 0.25) is 0 Å². The lowest BCUT2D eigenvalue weighted by Crippen LogP contribution is -2.38. The molecule has 0 bridgehead atoms. The van der Waals surface area contributed by atoms with Gasteiger partial charge in [0.05, 0.1) is 6.26 Å². The lowest BCUT2D eigenvalue weighted by atomic mass is 10.2. The van der Waals surface area contributed by atoms with Crippen molar-refractivity contribution in [2.75, 3.05) is 19.7 Å². The molecule has 0 atom stereocenters. The van der Waals surface area contributed by atoms with Gasteiger partial charge >= 0.3 is 0 Å². The fraction of sp³-hybridized carbons (Fsp3) is 0.222.